The molecule has 0 spiro atoms. The van der Waals surface area contributed by atoms with Gasteiger partial charge in [-0.1, -0.05) is 41.3 Å². The minimum atomic E-state index is -3.25. The van der Waals surface area contributed by atoms with E-state index < -0.39 is 15.4 Å². The number of hydrogen-bond acceptors (Lipinski definition) is 3. The van der Waals surface area contributed by atoms with Crippen molar-refractivity contribution in [3.63, 3.8) is 0 Å². The van der Waals surface area contributed by atoms with E-state index in [4.69, 9.17) is 5.73 Å². The van der Waals surface area contributed by atoms with Crippen molar-refractivity contribution in [1.82, 2.24) is 0 Å². The number of nitrogens with two attached hydrogens (primary N) is 1. The van der Waals surface area contributed by atoms with Crippen LogP contribution in [0.1, 0.15) is 37.7 Å². The lowest BCUT2D eigenvalue weighted by atomic mass is 9.77. The molecule has 0 aromatic heterocycles. The van der Waals surface area contributed by atoms with E-state index in [2.05, 4.69) is 15.9 Å². The zero-order valence-corrected chi connectivity index (χ0v) is 12.9. The van der Waals surface area contributed by atoms with Gasteiger partial charge in [0.15, 0.2) is 9.84 Å². The van der Waals surface area contributed by atoms with E-state index in [9.17, 15) is 8.42 Å². The summed E-state index contributed by atoms with van der Waals surface area (Å²) in [7, 11) is -3.25. The van der Waals surface area contributed by atoms with E-state index in [0.717, 1.165) is 35.7 Å². The molecule has 0 amide bonds. The summed E-state index contributed by atoms with van der Waals surface area (Å²) in [6.45, 7) is 0. The number of benzene rings is 1. The van der Waals surface area contributed by atoms with Crippen LogP contribution in [0.25, 0.3) is 0 Å². The van der Waals surface area contributed by atoms with Gasteiger partial charge in [-0.15, -0.1) is 0 Å². The van der Waals surface area contributed by atoms with Gasteiger partial charge in [0.05, 0.1) is 4.90 Å². The third-order valence-electron chi connectivity index (χ3n) is 3.62. The van der Waals surface area contributed by atoms with Crippen molar-refractivity contribution in [2.24, 2.45) is 5.73 Å². The molecule has 1 aromatic carbocycles. The molecule has 1 saturated carbocycles. The van der Waals surface area contributed by atoms with Crippen LogP contribution in [-0.4, -0.2) is 14.7 Å². The summed E-state index contributed by atoms with van der Waals surface area (Å²) in [4.78, 5) is 0.362. The molecule has 1 aromatic rings. The van der Waals surface area contributed by atoms with Crippen molar-refractivity contribution in [3.05, 3.63) is 28.2 Å². The Hall–Kier alpha value is -0.390. The zero-order chi connectivity index (χ0) is 13.4. The first-order valence-electron chi connectivity index (χ1n) is 6.12. The first kappa shape index (κ1) is 14.0. The Kier molecular flexibility index (Phi) is 3.85. The molecule has 0 bridgehead atoms. The van der Waals surface area contributed by atoms with Crippen LogP contribution in [0.2, 0.25) is 0 Å². The van der Waals surface area contributed by atoms with Crippen molar-refractivity contribution in [1.29, 1.82) is 0 Å². The fourth-order valence-corrected chi connectivity index (χ4v) is 4.63. The van der Waals surface area contributed by atoms with Gasteiger partial charge in [0.1, 0.15) is 0 Å². The number of halogens is 1. The number of sulfone groups is 1. The van der Waals surface area contributed by atoms with Crippen LogP contribution in [0, 0.1) is 0 Å². The van der Waals surface area contributed by atoms with Gasteiger partial charge in [-0.3, -0.25) is 0 Å². The van der Waals surface area contributed by atoms with E-state index >= 15 is 0 Å². The smallest absolute Gasteiger partial charge is 0.175 e. The summed E-state index contributed by atoms with van der Waals surface area (Å²) in [6.07, 6.45) is 6.22. The molecule has 0 atom stereocenters. The Bertz CT molecular complexity index is 548. The molecule has 100 valence electrons. The molecule has 0 heterocycles. The van der Waals surface area contributed by atoms with Gasteiger partial charge < -0.3 is 5.73 Å². The fraction of sp³-hybridized carbons (Fsp3) is 0.538. The highest BCUT2D eigenvalue weighted by Crippen LogP contribution is 2.41. The Labute approximate surface area is 117 Å². The zero-order valence-electron chi connectivity index (χ0n) is 10.4. The summed E-state index contributed by atoms with van der Waals surface area (Å²) < 4.78 is 24.6. The van der Waals surface area contributed by atoms with Gasteiger partial charge in [-0.05, 0) is 25.0 Å². The number of rotatable bonds is 2. The van der Waals surface area contributed by atoms with Gasteiger partial charge in [0, 0.05) is 21.8 Å². The molecule has 2 rings (SSSR count). The van der Waals surface area contributed by atoms with Crippen molar-refractivity contribution >= 4 is 25.8 Å². The second-order valence-electron chi connectivity index (χ2n) is 5.10. The Morgan fingerprint density at radius 2 is 1.83 bits per heavy atom. The van der Waals surface area contributed by atoms with E-state index in [-0.39, 0.29) is 0 Å². The third kappa shape index (κ3) is 2.63. The second kappa shape index (κ2) is 4.94. The van der Waals surface area contributed by atoms with E-state index in [1.165, 1.54) is 12.7 Å². The standard InChI is InChI=1S/C13H18BrNO2S/c1-18(16,17)11-7-5-6-10(14)12(11)13(15)8-3-2-4-9-13/h5-7H,2-4,8-9,15H2,1H3. The highest BCUT2D eigenvalue weighted by atomic mass is 79.9. The molecule has 5 heteroatoms. The van der Waals surface area contributed by atoms with Crippen LogP contribution in [0.5, 0.6) is 0 Å². The molecular weight excluding hydrogens is 314 g/mol. The summed E-state index contributed by atoms with van der Waals surface area (Å²) in [5, 5.41) is 0. The second-order valence-corrected chi connectivity index (χ2v) is 7.94. The van der Waals surface area contributed by atoms with Gasteiger partial charge in [0.2, 0.25) is 0 Å². The van der Waals surface area contributed by atoms with E-state index in [1.807, 2.05) is 6.07 Å². The van der Waals surface area contributed by atoms with Crippen molar-refractivity contribution < 1.29 is 8.42 Å². The van der Waals surface area contributed by atoms with Crippen LogP contribution in [0.4, 0.5) is 0 Å². The summed E-state index contributed by atoms with van der Waals surface area (Å²) in [5.74, 6) is 0. The van der Waals surface area contributed by atoms with Crippen LogP contribution < -0.4 is 5.73 Å². The average molecular weight is 332 g/mol. The molecule has 2 N–H and O–H groups in total. The minimum Gasteiger partial charge on any atom is -0.321 e. The molecule has 0 radical (unpaired) electrons. The molecule has 1 fully saturated rings. The maximum Gasteiger partial charge on any atom is 0.175 e. The topological polar surface area (TPSA) is 60.2 Å². The first-order chi connectivity index (χ1) is 8.34. The predicted molar refractivity (Wildman–Crippen MR) is 76.2 cm³/mol. The van der Waals surface area contributed by atoms with Crippen LogP contribution >= 0.6 is 15.9 Å². The summed E-state index contributed by atoms with van der Waals surface area (Å²) >= 11 is 3.47. The molecule has 1 aliphatic carbocycles. The van der Waals surface area contributed by atoms with Gasteiger partial charge in [-0.25, -0.2) is 8.42 Å². The normalized spacial score (nSPS) is 19.7. The highest BCUT2D eigenvalue weighted by molar-refractivity contribution is 9.10. The molecule has 18 heavy (non-hydrogen) atoms. The van der Waals surface area contributed by atoms with Crippen molar-refractivity contribution in [3.8, 4) is 0 Å². The van der Waals surface area contributed by atoms with Gasteiger partial charge >= 0.3 is 0 Å². The predicted octanol–water partition coefficient (Wildman–Crippen LogP) is 2.97. The molecule has 3 nitrogen and oxygen atoms in total. The molecule has 0 saturated heterocycles. The molecule has 0 aliphatic heterocycles. The minimum absolute atomic E-state index is 0.362. The Balaban J connectivity index is 2.62. The lowest BCUT2D eigenvalue weighted by molar-refractivity contribution is 0.296. The highest BCUT2D eigenvalue weighted by Gasteiger charge is 2.35. The van der Waals surface area contributed by atoms with E-state index in [0.29, 0.717) is 4.90 Å². The quantitative estimate of drug-likeness (QED) is 0.906. The van der Waals surface area contributed by atoms with Crippen LogP contribution in [-0.2, 0) is 15.4 Å². The molecule has 0 unspecified atom stereocenters. The fourth-order valence-electron chi connectivity index (χ4n) is 2.73. The largest absolute Gasteiger partial charge is 0.321 e. The van der Waals surface area contributed by atoms with Crippen molar-refractivity contribution in [2.45, 2.75) is 42.5 Å². The molecule has 1 aliphatic rings. The monoisotopic (exact) mass is 331 g/mol. The summed E-state index contributed by atoms with van der Waals surface area (Å²) in [6, 6.07) is 5.27. The lowest BCUT2D eigenvalue weighted by Gasteiger charge is -2.35. The van der Waals surface area contributed by atoms with Crippen molar-refractivity contribution in [2.75, 3.05) is 6.26 Å². The third-order valence-corrected chi connectivity index (χ3v) is 5.42. The van der Waals surface area contributed by atoms with E-state index in [1.54, 1.807) is 12.1 Å². The Morgan fingerprint density at radius 1 is 1.22 bits per heavy atom. The number of hydrogen-bond donors (Lipinski definition) is 1. The average Bonchev–Trinajstić information content (AvgIpc) is 2.28. The lowest BCUT2D eigenvalue weighted by Crippen LogP contribution is -2.40. The summed E-state index contributed by atoms with van der Waals surface area (Å²) in [5.41, 5.74) is 6.72. The molecular formula is C13H18BrNO2S. The first-order valence-corrected chi connectivity index (χ1v) is 8.81. The van der Waals surface area contributed by atoms with Gasteiger partial charge in [0.25, 0.3) is 0 Å². The SMILES string of the molecule is CS(=O)(=O)c1cccc(Br)c1C1(N)CCCCC1. The van der Waals surface area contributed by atoms with Crippen LogP contribution in [0.15, 0.2) is 27.6 Å². The maximum absolute atomic E-state index is 11.9. The van der Waals surface area contributed by atoms with Gasteiger partial charge in [-0.2, -0.15) is 0 Å². The Morgan fingerprint density at radius 3 is 2.39 bits per heavy atom. The maximum atomic E-state index is 11.9. The van der Waals surface area contributed by atoms with Crippen LogP contribution in [0.3, 0.4) is 0 Å².